The molecule has 0 atom stereocenters. The van der Waals surface area contributed by atoms with E-state index >= 15 is 0 Å². The third-order valence-electron chi connectivity index (χ3n) is 6.25. The Balaban J connectivity index is 1.38. The van der Waals surface area contributed by atoms with Crippen LogP contribution in [0.1, 0.15) is 31.2 Å². The molecular formula is C27H30N6O2. The van der Waals surface area contributed by atoms with Crippen molar-refractivity contribution in [2.24, 2.45) is 0 Å². The summed E-state index contributed by atoms with van der Waals surface area (Å²) in [6, 6.07) is 19.9. The van der Waals surface area contributed by atoms with Gasteiger partial charge in [-0.1, -0.05) is 72.7 Å². The van der Waals surface area contributed by atoms with Gasteiger partial charge in [-0.3, -0.25) is 0 Å². The predicted octanol–water partition coefficient (Wildman–Crippen LogP) is 4.66. The number of fused-ring (bicyclic) bond motifs is 1. The second-order valence-corrected chi connectivity index (χ2v) is 8.76. The fourth-order valence-electron chi connectivity index (χ4n) is 4.45. The van der Waals surface area contributed by atoms with E-state index in [4.69, 9.17) is 9.51 Å². The number of urea groups is 1. The highest BCUT2D eigenvalue weighted by atomic mass is 16.5. The Morgan fingerprint density at radius 3 is 2.51 bits per heavy atom. The summed E-state index contributed by atoms with van der Waals surface area (Å²) in [7, 11) is 0. The molecule has 2 aromatic heterocycles. The van der Waals surface area contributed by atoms with Crippen LogP contribution in [0.25, 0.3) is 22.4 Å². The number of amides is 2. The van der Waals surface area contributed by atoms with Crippen molar-refractivity contribution >= 4 is 22.9 Å². The smallest absolute Gasteiger partial charge is 0.317 e. The maximum Gasteiger partial charge on any atom is 0.317 e. The Morgan fingerprint density at radius 1 is 0.971 bits per heavy atom. The molecule has 8 nitrogen and oxygen atoms in total. The van der Waals surface area contributed by atoms with Gasteiger partial charge in [0.2, 0.25) is 0 Å². The number of hydrogen-bond acceptors (Lipinski definition) is 6. The van der Waals surface area contributed by atoms with Crippen molar-refractivity contribution in [2.45, 2.75) is 32.7 Å². The lowest BCUT2D eigenvalue weighted by atomic mass is 10.1. The normalized spacial score (nSPS) is 14.2. The summed E-state index contributed by atoms with van der Waals surface area (Å²) in [5.74, 6) is 1.59. The van der Waals surface area contributed by atoms with E-state index in [2.05, 4.69) is 27.3 Å². The molecule has 1 N–H and O–H groups in total. The zero-order valence-corrected chi connectivity index (χ0v) is 20.0. The molecule has 8 heteroatoms. The van der Waals surface area contributed by atoms with Gasteiger partial charge in [-0.05, 0) is 18.4 Å². The molecule has 0 aliphatic carbocycles. The molecule has 5 rings (SSSR count). The number of hydrogen-bond donors (Lipinski definition) is 1. The molecule has 1 aliphatic rings. The zero-order chi connectivity index (χ0) is 24.0. The third-order valence-corrected chi connectivity index (χ3v) is 6.25. The lowest BCUT2D eigenvalue weighted by Gasteiger charge is -2.24. The van der Waals surface area contributed by atoms with Crippen LogP contribution in [0.2, 0.25) is 0 Å². The quantitative estimate of drug-likeness (QED) is 0.441. The number of aryl methyl sites for hydroxylation is 1. The molecule has 1 aliphatic heterocycles. The monoisotopic (exact) mass is 470 g/mol. The Bertz CT molecular complexity index is 1280. The molecule has 3 heterocycles. The average Bonchev–Trinajstić information content (AvgIpc) is 3.17. The van der Waals surface area contributed by atoms with Crippen molar-refractivity contribution < 1.29 is 9.32 Å². The molecule has 0 bridgehead atoms. The first-order valence-corrected chi connectivity index (χ1v) is 12.3. The van der Waals surface area contributed by atoms with Gasteiger partial charge in [0, 0.05) is 44.7 Å². The first-order valence-electron chi connectivity index (χ1n) is 12.3. The standard InChI is InChI=1S/C27H30N6O2/c1-2-10-22-29-25(23-24(31-35-26(23)30-22)21-13-7-4-8-14-21)32-15-9-16-33(18-17-32)27(34)28-19-20-11-5-3-6-12-20/h3-8,11-14H,2,9-10,15-19H2,1H3,(H,28,34). The van der Waals surface area contributed by atoms with Crippen molar-refractivity contribution in [1.82, 2.24) is 25.3 Å². The minimum Gasteiger partial charge on any atom is -0.354 e. The number of benzene rings is 2. The van der Waals surface area contributed by atoms with Gasteiger partial charge in [-0.25, -0.2) is 9.78 Å². The van der Waals surface area contributed by atoms with Crippen molar-refractivity contribution in [3.63, 3.8) is 0 Å². The lowest BCUT2D eigenvalue weighted by Crippen LogP contribution is -2.41. The fraction of sp³-hybridized carbons (Fsp3) is 0.333. The molecule has 2 aromatic carbocycles. The molecule has 2 amide bonds. The van der Waals surface area contributed by atoms with Crippen LogP contribution in [0, 0.1) is 0 Å². The summed E-state index contributed by atoms with van der Waals surface area (Å²) >= 11 is 0. The Kier molecular flexibility index (Phi) is 6.88. The van der Waals surface area contributed by atoms with Crippen LogP contribution in [0.15, 0.2) is 65.2 Å². The first-order chi connectivity index (χ1) is 17.2. The van der Waals surface area contributed by atoms with Gasteiger partial charge in [0.15, 0.2) is 0 Å². The summed E-state index contributed by atoms with van der Waals surface area (Å²) in [5, 5.41) is 8.25. The van der Waals surface area contributed by atoms with E-state index in [1.165, 1.54) is 0 Å². The summed E-state index contributed by atoms with van der Waals surface area (Å²) in [6.45, 7) is 5.41. The van der Waals surface area contributed by atoms with Crippen LogP contribution in [-0.4, -0.2) is 52.2 Å². The molecule has 0 spiro atoms. The summed E-state index contributed by atoms with van der Waals surface area (Å²) < 4.78 is 5.68. The van der Waals surface area contributed by atoms with Crippen molar-refractivity contribution in [1.29, 1.82) is 0 Å². The predicted molar refractivity (Wildman–Crippen MR) is 136 cm³/mol. The number of carbonyl (C=O) groups excluding carboxylic acids is 1. The maximum absolute atomic E-state index is 12.9. The number of aromatic nitrogens is 3. The molecule has 0 radical (unpaired) electrons. The largest absolute Gasteiger partial charge is 0.354 e. The Labute approximate surface area is 205 Å². The minimum atomic E-state index is -0.0369. The van der Waals surface area contributed by atoms with Gasteiger partial charge < -0.3 is 19.6 Å². The molecule has 1 saturated heterocycles. The molecule has 1 fully saturated rings. The van der Waals surface area contributed by atoms with E-state index in [1.54, 1.807) is 0 Å². The minimum absolute atomic E-state index is 0.0369. The molecule has 0 saturated carbocycles. The topological polar surface area (TPSA) is 87.4 Å². The SMILES string of the molecule is CCCc1nc(N2CCCN(C(=O)NCc3ccccc3)CC2)c2c(-c3ccccc3)noc2n1. The second-order valence-electron chi connectivity index (χ2n) is 8.76. The Hall–Kier alpha value is -3.94. The van der Waals surface area contributed by atoms with E-state index in [-0.39, 0.29) is 6.03 Å². The highest BCUT2D eigenvalue weighted by Gasteiger charge is 2.25. The van der Waals surface area contributed by atoms with Gasteiger partial charge in [-0.2, -0.15) is 4.98 Å². The third kappa shape index (κ3) is 5.11. The van der Waals surface area contributed by atoms with Crippen LogP contribution in [-0.2, 0) is 13.0 Å². The molecule has 180 valence electrons. The van der Waals surface area contributed by atoms with Crippen LogP contribution in [0.5, 0.6) is 0 Å². The number of carbonyl (C=O) groups is 1. The van der Waals surface area contributed by atoms with E-state index < -0.39 is 0 Å². The van der Waals surface area contributed by atoms with Gasteiger partial charge in [-0.15, -0.1) is 0 Å². The number of nitrogens with one attached hydrogen (secondary N) is 1. The highest BCUT2D eigenvalue weighted by molar-refractivity contribution is 5.98. The van der Waals surface area contributed by atoms with Gasteiger partial charge in [0.1, 0.15) is 22.7 Å². The van der Waals surface area contributed by atoms with E-state index in [1.807, 2.05) is 65.6 Å². The van der Waals surface area contributed by atoms with Crippen molar-refractivity contribution in [3.05, 3.63) is 72.1 Å². The van der Waals surface area contributed by atoms with Crippen molar-refractivity contribution in [3.8, 4) is 11.3 Å². The molecule has 0 unspecified atom stereocenters. The molecule has 4 aromatic rings. The summed E-state index contributed by atoms with van der Waals surface area (Å²) in [6.07, 6.45) is 2.56. The molecule has 35 heavy (non-hydrogen) atoms. The van der Waals surface area contributed by atoms with Gasteiger partial charge in [0.25, 0.3) is 5.71 Å². The van der Waals surface area contributed by atoms with Crippen LogP contribution < -0.4 is 10.2 Å². The highest BCUT2D eigenvalue weighted by Crippen LogP contribution is 2.34. The van der Waals surface area contributed by atoms with E-state index in [0.717, 1.165) is 59.7 Å². The van der Waals surface area contributed by atoms with Crippen molar-refractivity contribution in [2.75, 3.05) is 31.1 Å². The Morgan fingerprint density at radius 2 is 1.74 bits per heavy atom. The number of rotatable bonds is 6. The van der Waals surface area contributed by atoms with Gasteiger partial charge in [0.05, 0.1) is 0 Å². The molecular weight excluding hydrogens is 440 g/mol. The number of nitrogens with zero attached hydrogens (tertiary/aromatic N) is 5. The summed E-state index contributed by atoms with van der Waals surface area (Å²) in [4.78, 5) is 26.6. The second kappa shape index (κ2) is 10.5. The summed E-state index contributed by atoms with van der Waals surface area (Å²) in [5.41, 5.74) is 3.32. The lowest BCUT2D eigenvalue weighted by molar-refractivity contribution is 0.201. The maximum atomic E-state index is 12.9. The van der Waals surface area contributed by atoms with Crippen LogP contribution in [0.4, 0.5) is 10.6 Å². The number of anilines is 1. The zero-order valence-electron chi connectivity index (χ0n) is 20.0. The van der Waals surface area contributed by atoms with Gasteiger partial charge >= 0.3 is 6.03 Å². The van der Waals surface area contributed by atoms with E-state index in [9.17, 15) is 4.79 Å². The average molecular weight is 471 g/mol. The first kappa shape index (κ1) is 22.8. The van der Waals surface area contributed by atoms with Crippen LogP contribution >= 0.6 is 0 Å². The van der Waals surface area contributed by atoms with Crippen LogP contribution in [0.3, 0.4) is 0 Å². The van der Waals surface area contributed by atoms with E-state index in [0.29, 0.717) is 31.9 Å². The fourth-order valence-corrected chi connectivity index (χ4v) is 4.45.